The molecule has 0 bridgehead atoms. The average Bonchev–Trinajstić information content (AvgIpc) is 2.89. The topological polar surface area (TPSA) is 79.3 Å². The summed E-state index contributed by atoms with van der Waals surface area (Å²) in [6.45, 7) is 1.84. The second-order valence-corrected chi connectivity index (χ2v) is 6.26. The van der Waals surface area contributed by atoms with Crippen molar-refractivity contribution >= 4 is 23.2 Å². The van der Waals surface area contributed by atoms with Gasteiger partial charge in [-0.05, 0) is 25.7 Å². The summed E-state index contributed by atoms with van der Waals surface area (Å²) in [4.78, 5) is 26.8. The van der Waals surface area contributed by atoms with Crippen molar-refractivity contribution in [3.05, 3.63) is 16.1 Å². The van der Waals surface area contributed by atoms with Gasteiger partial charge in [0.05, 0.1) is 6.04 Å². The van der Waals surface area contributed by atoms with E-state index < -0.39 is 5.97 Å². The Kier molecular flexibility index (Phi) is 5.11. The van der Waals surface area contributed by atoms with E-state index in [1.807, 2.05) is 6.92 Å². The minimum atomic E-state index is -1.03. The Hall–Kier alpha value is -1.43. The third-order valence-corrected chi connectivity index (χ3v) is 4.72. The highest BCUT2D eigenvalue weighted by Crippen LogP contribution is 2.26. The van der Waals surface area contributed by atoms with Gasteiger partial charge in [0, 0.05) is 11.8 Å². The fraction of sp³-hybridized carbons (Fsp3) is 0.643. The zero-order valence-corrected chi connectivity index (χ0v) is 12.4. The van der Waals surface area contributed by atoms with Crippen molar-refractivity contribution in [1.29, 1.82) is 0 Å². The summed E-state index contributed by atoms with van der Waals surface area (Å²) in [5.41, 5.74) is 0.0402. The Morgan fingerprint density at radius 1 is 1.45 bits per heavy atom. The molecule has 1 aromatic rings. The molecule has 1 heterocycles. The van der Waals surface area contributed by atoms with Crippen molar-refractivity contribution in [3.8, 4) is 0 Å². The molecule has 1 fully saturated rings. The van der Waals surface area contributed by atoms with Crippen molar-refractivity contribution in [2.45, 2.75) is 51.5 Å². The van der Waals surface area contributed by atoms with E-state index in [-0.39, 0.29) is 17.6 Å². The molecule has 110 valence electrons. The fourth-order valence-electron chi connectivity index (χ4n) is 2.60. The van der Waals surface area contributed by atoms with Crippen molar-refractivity contribution in [3.63, 3.8) is 0 Å². The lowest BCUT2D eigenvalue weighted by Gasteiger charge is -2.21. The quantitative estimate of drug-likeness (QED) is 0.875. The maximum Gasteiger partial charge on any atom is 0.355 e. The average molecular weight is 296 g/mol. The smallest absolute Gasteiger partial charge is 0.355 e. The molecule has 0 aliphatic heterocycles. The molecule has 0 aromatic carbocycles. The predicted molar refractivity (Wildman–Crippen MR) is 76.8 cm³/mol. The summed E-state index contributed by atoms with van der Waals surface area (Å²) in [5.74, 6) is -0.494. The van der Waals surface area contributed by atoms with E-state index in [1.54, 1.807) is 0 Å². The molecule has 1 unspecified atom stereocenters. The molecule has 1 atom stereocenters. The molecule has 1 saturated carbocycles. The minimum absolute atomic E-state index is 0.0384. The first-order valence-electron chi connectivity index (χ1n) is 7.04. The van der Waals surface area contributed by atoms with Crippen LogP contribution < -0.4 is 5.32 Å². The summed E-state index contributed by atoms with van der Waals surface area (Å²) in [5, 5.41) is 13.9. The number of hydrogen-bond donors (Lipinski definition) is 2. The number of hydrogen-bond acceptors (Lipinski definition) is 4. The Balaban J connectivity index is 1.84. The van der Waals surface area contributed by atoms with Crippen LogP contribution in [0.1, 0.15) is 67.0 Å². The van der Waals surface area contributed by atoms with Crippen LogP contribution in [0.5, 0.6) is 0 Å². The van der Waals surface area contributed by atoms with Gasteiger partial charge in [0.25, 0.3) is 0 Å². The van der Waals surface area contributed by atoms with Crippen molar-refractivity contribution in [1.82, 2.24) is 10.3 Å². The first-order valence-corrected chi connectivity index (χ1v) is 7.92. The zero-order valence-electron chi connectivity index (χ0n) is 11.6. The Morgan fingerprint density at radius 3 is 2.75 bits per heavy atom. The molecule has 0 saturated heterocycles. The van der Waals surface area contributed by atoms with Gasteiger partial charge < -0.3 is 10.4 Å². The van der Waals surface area contributed by atoms with Gasteiger partial charge in [-0.3, -0.25) is 4.79 Å². The molecular weight excluding hydrogens is 276 g/mol. The van der Waals surface area contributed by atoms with Gasteiger partial charge in [-0.15, -0.1) is 11.3 Å². The van der Waals surface area contributed by atoms with Crippen LogP contribution in [0.3, 0.4) is 0 Å². The third kappa shape index (κ3) is 4.03. The normalized spacial score (nSPS) is 17.6. The van der Waals surface area contributed by atoms with Crippen LogP contribution in [0, 0.1) is 5.92 Å². The monoisotopic (exact) mass is 296 g/mol. The van der Waals surface area contributed by atoms with Crippen molar-refractivity contribution in [2.75, 3.05) is 0 Å². The number of aromatic carboxylic acids is 1. The molecule has 0 spiro atoms. The standard InChI is InChI=1S/C14H20N2O3S/c1-9(13-16-11(8-20-13)14(18)19)15-12(17)7-10-5-3-2-4-6-10/h8-10H,2-7H2,1H3,(H,15,17)(H,18,19). The van der Waals surface area contributed by atoms with E-state index >= 15 is 0 Å². The van der Waals surface area contributed by atoms with Crippen LogP contribution in [-0.4, -0.2) is 22.0 Å². The second-order valence-electron chi connectivity index (χ2n) is 5.37. The molecule has 1 aliphatic carbocycles. The van der Waals surface area contributed by atoms with Gasteiger partial charge in [0.1, 0.15) is 5.01 Å². The van der Waals surface area contributed by atoms with Gasteiger partial charge in [-0.25, -0.2) is 9.78 Å². The van der Waals surface area contributed by atoms with Crippen LogP contribution in [0.2, 0.25) is 0 Å². The molecule has 2 N–H and O–H groups in total. The summed E-state index contributed by atoms with van der Waals surface area (Å²) in [6, 6.07) is -0.232. The molecule has 2 rings (SSSR count). The molecule has 1 aromatic heterocycles. The predicted octanol–water partition coefficient (Wildman–Crippen LogP) is 2.99. The Bertz CT molecular complexity index is 481. The molecule has 6 heteroatoms. The number of carbonyl (C=O) groups excluding carboxylic acids is 1. The Labute approximate surface area is 122 Å². The Morgan fingerprint density at radius 2 is 2.15 bits per heavy atom. The van der Waals surface area contributed by atoms with E-state index in [0.29, 0.717) is 17.3 Å². The minimum Gasteiger partial charge on any atom is -0.476 e. The lowest BCUT2D eigenvalue weighted by atomic mass is 9.87. The number of nitrogens with one attached hydrogen (secondary N) is 1. The van der Waals surface area contributed by atoms with E-state index in [2.05, 4.69) is 10.3 Å². The third-order valence-electron chi connectivity index (χ3n) is 3.69. The summed E-state index contributed by atoms with van der Waals surface area (Å²) >= 11 is 1.27. The number of rotatable bonds is 5. The van der Waals surface area contributed by atoms with Gasteiger partial charge >= 0.3 is 5.97 Å². The SMILES string of the molecule is CC(NC(=O)CC1CCCCC1)c1nc(C(=O)O)cs1. The molecule has 5 nitrogen and oxygen atoms in total. The van der Waals surface area contributed by atoms with E-state index in [4.69, 9.17) is 5.11 Å². The summed E-state index contributed by atoms with van der Waals surface area (Å²) in [7, 11) is 0. The number of carbonyl (C=O) groups is 2. The molecule has 0 radical (unpaired) electrons. The highest BCUT2D eigenvalue weighted by atomic mass is 32.1. The van der Waals surface area contributed by atoms with Gasteiger partial charge in [0.2, 0.25) is 5.91 Å². The summed E-state index contributed by atoms with van der Waals surface area (Å²) < 4.78 is 0. The molecule has 1 aliphatic rings. The maximum atomic E-state index is 12.0. The van der Waals surface area contributed by atoms with E-state index in [9.17, 15) is 9.59 Å². The van der Waals surface area contributed by atoms with Crippen LogP contribution in [0.25, 0.3) is 0 Å². The number of carboxylic acid groups (broad SMARTS) is 1. The van der Waals surface area contributed by atoms with Crippen LogP contribution in [-0.2, 0) is 4.79 Å². The second kappa shape index (κ2) is 6.83. The van der Waals surface area contributed by atoms with Gasteiger partial charge in [-0.2, -0.15) is 0 Å². The van der Waals surface area contributed by atoms with Gasteiger partial charge in [-0.1, -0.05) is 19.3 Å². The zero-order chi connectivity index (χ0) is 14.5. The highest BCUT2D eigenvalue weighted by Gasteiger charge is 2.20. The number of amides is 1. The molecule has 1 amide bonds. The number of thiazole rings is 1. The van der Waals surface area contributed by atoms with Crippen molar-refractivity contribution in [2.24, 2.45) is 5.92 Å². The number of aromatic nitrogens is 1. The van der Waals surface area contributed by atoms with Crippen molar-refractivity contribution < 1.29 is 14.7 Å². The number of carboxylic acids is 1. The van der Waals surface area contributed by atoms with E-state index in [1.165, 1.54) is 36.0 Å². The summed E-state index contributed by atoms with van der Waals surface area (Å²) in [6.07, 6.45) is 6.58. The van der Waals surface area contributed by atoms with Crippen LogP contribution >= 0.6 is 11.3 Å². The lowest BCUT2D eigenvalue weighted by Crippen LogP contribution is -2.28. The van der Waals surface area contributed by atoms with E-state index in [0.717, 1.165) is 12.8 Å². The largest absolute Gasteiger partial charge is 0.476 e. The molecule has 20 heavy (non-hydrogen) atoms. The maximum absolute atomic E-state index is 12.0. The first-order chi connectivity index (χ1) is 9.56. The fourth-order valence-corrected chi connectivity index (χ4v) is 3.40. The first kappa shape index (κ1) is 15.0. The van der Waals surface area contributed by atoms with Gasteiger partial charge in [0.15, 0.2) is 5.69 Å². The molecular formula is C14H20N2O3S. The van der Waals surface area contributed by atoms with Crippen LogP contribution in [0.15, 0.2) is 5.38 Å². The number of nitrogens with zero attached hydrogens (tertiary/aromatic N) is 1. The van der Waals surface area contributed by atoms with Crippen LogP contribution in [0.4, 0.5) is 0 Å². The highest BCUT2D eigenvalue weighted by molar-refractivity contribution is 7.09. The lowest BCUT2D eigenvalue weighted by molar-refractivity contribution is -0.122.